The zero-order valence-electron chi connectivity index (χ0n) is 10.2. The summed E-state index contributed by atoms with van der Waals surface area (Å²) in [6.07, 6.45) is 0. The number of benzene rings is 1. The fourth-order valence-corrected chi connectivity index (χ4v) is 0.951. The Hall–Kier alpha value is -1.84. The van der Waals surface area contributed by atoms with E-state index in [2.05, 4.69) is 5.32 Å². The van der Waals surface area contributed by atoms with E-state index in [4.69, 9.17) is 7.85 Å². The highest BCUT2D eigenvalue weighted by Gasteiger charge is 2.29. The van der Waals surface area contributed by atoms with Gasteiger partial charge in [-0.25, -0.2) is 4.79 Å². The monoisotopic (exact) mass is 209 g/mol. The topological polar surface area (TPSA) is 66.4 Å². The van der Waals surface area contributed by atoms with Gasteiger partial charge in [0.2, 0.25) is 0 Å². The van der Waals surface area contributed by atoms with E-state index in [9.17, 15) is 9.59 Å². The van der Waals surface area contributed by atoms with Gasteiger partial charge in [-0.1, -0.05) is 18.2 Å². The van der Waals surface area contributed by atoms with Gasteiger partial charge < -0.3 is 10.4 Å². The first-order chi connectivity index (χ1) is 7.88. The molecule has 0 radical (unpaired) electrons. The van der Waals surface area contributed by atoms with Crippen LogP contribution in [0.1, 0.15) is 26.9 Å². The summed E-state index contributed by atoms with van der Waals surface area (Å²) < 4.78 is 14.4. The third-order valence-corrected chi connectivity index (χ3v) is 1.85. The molecule has 4 nitrogen and oxygen atoms in total. The van der Waals surface area contributed by atoms with Crippen LogP contribution in [-0.2, 0) is 4.79 Å². The highest BCUT2D eigenvalue weighted by atomic mass is 16.4. The van der Waals surface area contributed by atoms with Crippen molar-refractivity contribution in [2.75, 3.05) is 0 Å². The number of rotatable bonds is 3. The molecule has 0 aliphatic heterocycles. The second-order valence-corrected chi connectivity index (χ2v) is 3.33. The van der Waals surface area contributed by atoms with E-state index in [-0.39, 0.29) is 0 Å². The molecule has 0 saturated heterocycles. The fourth-order valence-electron chi connectivity index (χ4n) is 0.951. The van der Waals surface area contributed by atoms with E-state index >= 15 is 0 Å². The standard InChI is InChI=1S/C11H13NO3/c1-11(2,10(14)15)12-9(13)8-6-4-3-5-7-8/h3-7H,1-2H3,(H,12,13)(H,14,15)/i1D2/t11-/m0/s1. The number of hydrogen-bond acceptors (Lipinski definition) is 2. The van der Waals surface area contributed by atoms with Crippen molar-refractivity contribution in [3.05, 3.63) is 35.9 Å². The second-order valence-electron chi connectivity index (χ2n) is 3.33. The van der Waals surface area contributed by atoms with Gasteiger partial charge in [0.15, 0.2) is 0 Å². The molecule has 80 valence electrons. The largest absolute Gasteiger partial charge is 0.480 e. The highest BCUT2D eigenvalue weighted by molar-refractivity contribution is 5.97. The normalized spacial score (nSPS) is 16.1. The van der Waals surface area contributed by atoms with Crippen molar-refractivity contribution in [3.63, 3.8) is 0 Å². The van der Waals surface area contributed by atoms with E-state index in [1.165, 1.54) is 12.1 Å². The fraction of sp³-hybridized carbons (Fsp3) is 0.273. The minimum Gasteiger partial charge on any atom is -0.480 e. The second kappa shape index (κ2) is 4.13. The molecule has 1 aromatic rings. The van der Waals surface area contributed by atoms with Crippen molar-refractivity contribution in [1.29, 1.82) is 0 Å². The van der Waals surface area contributed by atoms with Gasteiger partial charge in [0.05, 0.1) is 0 Å². The number of carbonyl (C=O) groups is 2. The predicted octanol–water partition coefficient (Wildman–Crippen LogP) is 1.28. The number of carboxylic acid groups (broad SMARTS) is 1. The minimum atomic E-state index is -1.92. The molecule has 0 aromatic heterocycles. The number of nitrogens with one attached hydrogen (secondary N) is 1. The average molecular weight is 209 g/mol. The molecule has 0 aliphatic rings. The molecule has 0 spiro atoms. The summed E-state index contributed by atoms with van der Waals surface area (Å²) in [4.78, 5) is 22.7. The Morgan fingerprint density at radius 1 is 1.40 bits per heavy atom. The molecule has 2 N–H and O–H groups in total. The van der Waals surface area contributed by atoms with Gasteiger partial charge in [0, 0.05) is 8.30 Å². The zero-order valence-corrected chi connectivity index (χ0v) is 8.23. The van der Waals surface area contributed by atoms with Crippen LogP contribution >= 0.6 is 0 Å². The van der Waals surface area contributed by atoms with Crippen LogP contribution < -0.4 is 5.32 Å². The molecule has 1 rings (SSSR count). The van der Waals surface area contributed by atoms with Crippen molar-refractivity contribution in [3.8, 4) is 0 Å². The molecular weight excluding hydrogens is 194 g/mol. The molecule has 0 saturated carbocycles. The Bertz CT molecular complexity index is 422. The van der Waals surface area contributed by atoms with E-state index in [0.717, 1.165) is 6.92 Å². The first-order valence-corrected chi connectivity index (χ1v) is 4.33. The Kier molecular flexibility index (Phi) is 2.33. The van der Waals surface area contributed by atoms with Crippen LogP contribution in [0.15, 0.2) is 30.3 Å². The third-order valence-electron chi connectivity index (χ3n) is 1.85. The minimum absolute atomic E-state index is 0.292. The van der Waals surface area contributed by atoms with Crippen LogP contribution in [0.25, 0.3) is 0 Å². The van der Waals surface area contributed by atoms with Gasteiger partial charge in [0.1, 0.15) is 5.54 Å². The lowest BCUT2D eigenvalue weighted by atomic mass is 10.1. The highest BCUT2D eigenvalue weighted by Crippen LogP contribution is 2.05. The van der Waals surface area contributed by atoms with E-state index < -0.39 is 24.3 Å². The summed E-state index contributed by atoms with van der Waals surface area (Å²) in [5.41, 5.74) is -1.63. The van der Waals surface area contributed by atoms with E-state index in [1.54, 1.807) is 18.2 Å². The van der Waals surface area contributed by atoms with Gasteiger partial charge in [-0.05, 0) is 25.9 Å². The maximum absolute atomic E-state index is 11.7. The van der Waals surface area contributed by atoms with Gasteiger partial charge in [0.25, 0.3) is 5.91 Å². The van der Waals surface area contributed by atoms with E-state index in [1.807, 2.05) is 0 Å². The quantitative estimate of drug-likeness (QED) is 0.788. The Morgan fingerprint density at radius 2 is 2.00 bits per heavy atom. The first kappa shape index (κ1) is 8.47. The zero-order chi connectivity index (χ0) is 13.1. The molecule has 15 heavy (non-hydrogen) atoms. The summed E-state index contributed by atoms with van der Waals surface area (Å²) in [7, 11) is 0. The summed E-state index contributed by atoms with van der Waals surface area (Å²) in [6.45, 7) is -0.562. The third kappa shape index (κ3) is 2.80. The Balaban J connectivity index is 2.90. The predicted molar refractivity (Wildman–Crippen MR) is 55.6 cm³/mol. The number of amides is 1. The lowest BCUT2D eigenvalue weighted by Gasteiger charge is -2.20. The molecule has 4 heteroatoms. The SMILES string of the molecule is [2H]C([2H])[C@@](C)(NC(=O)c1ccccc1)C(=O)O. The Labute approximate surface area is 90.7 Å². The summed E-state index contributed by atoms with van der Waals surface area (Å²) >= 11 is 0. The van der Waals surface area contributed by atoms with Crippen LogP contribution in [0.2, 0.25) is 0 Å². The maximum Gasteiger partial charge on any atom is 0.328 e. The molecular formula is C11H13NO3. The molecule has 1 aromatic carbocycles. The lowest BCUT2D eigenvalue weighted by molar-refractivity contribution is -0.143. The molecule has 1 atom stereocenters. The molecule has 0 bridgehead atoms. The van der Waals surface area contributed by atoms with Crippen molar-refractivity contribution in [2.24, 2.45) is 0 Å². The smallest absolute Gasteiger partial charge is 0.328 e. The van der Waals surface area contributed by atoms with Crippen LogP contribution in [0, 0.1) is 0 Å². The lowest BCUT2D eigenvalue weighted by Crippen LogP contribution is -2.49. The molecule has 0 heterocycles. The van der Waals surface area contributed by atoms with Crippen LogP contribution in [-0.4, -0.2) is 22.5 Å². The van der Waals surface area contributed by atoms with Crippen molar-refractivity contribution < 1.29 is 17.4 Å². The first-order valence-electron chi connectivity index (χ1n) is 5.49. The van der Waals surface area contributed by atoms with Crippen molar-refractivity contribution in [2.45, 2.75) is 19.3 Å². The van der Waals surface area contributed by atoms with Crippen molar-refractivity contribution >= 4 is 11.9 Å². The summed E-state index contributed by atoms with van der Waals surface area (Å²) in [5, 5.41) is 11.1. The molecule has 0 fully saturated rings. The number of carbonyl (C=O) groups excluding carboxylic acids is 1. The molecule has 0 aliphatic carbocycles. The van der Waals surface area contributed by atoms with Gasteiger partial charge in [-0.15, -0.1) is 0 Å². The van der Waals surface area contributed by atoms with Crippen molar-refractivity contribution in [1.82, 2.24) is 5.32 Å². The number of hydrogen-bond donors (Lipinski definition) is 2. The number of carboxylic acids is 1. The molecule has 0 unspecified atom stereocenters. The Morgan fingerprint density at radius 3 is 2.47 bits per heavy atom. The van der Waals surface area contributed by atoms with Gasteiger partial charge in [-0.2, -0.15) is 0 Å². The van der Waals surface area contributed by atoms with Gasteiger partial charge in [-0.3, -0.25) is 4.79 Å². The summed E-state index contributed by atoms with van der Waals surface area (Å²) in [5.74, 6) is -2.02. The van der Waals surface area contributed by atoms with Crippen LogP contribution in [0.3, 0.4) is 0 Å². The van der Waals surface area contributed by atoms with Crippen LogP contribution in [0.4, 0.5) is 0 Å². The number of aliphatic carboxylic acids is 1. The summed E-state index contributed by atoms with van der Waals surface area (Å²) in [6, 6.07) is 8.07. The van der Waals surface area contributed by atoms with Gasteiger partial charge >= 0.3 is 5.97 Å². The molecule has 1 amide bonds. The average Bonchev–Trinajstić information content (AvgIpc) is 2.29. The maximum atomic E-state index is 11.7. The van der Waals surface area contributed by atoms with E-state index in [0.29, 0.717) is 5.56 Å². The van der Waals surface area contributed by atoms with Crippen LogP contribution in [0.5, 0.6) is 0 Å².